The molecule has 0 bridgehead atoms. The first-order chi connectivity index (χ1) is 23.0. The van der Waals surface area contributed by atoms with Crippen LogP contribution >= 0.6 is 0 Å². The van der Waals surface area contributed by atoms with Crippen LogP contribution in [0.15, 0.2) is 0 Å². The molecule has 0 aromatic heterocycles. The van der Waals surface area contributed by atoms with Gasteiger partial charge in [0.05, 0.1) is 0 Å². The summed E-state index contributed by atoms with van der Waals surface area (Å²) in [5.74, 6) is 14.3. The Morgan fingerprint density at radius 3 is 0.694 bits per heavy atom. The van der Waals surface area contributed by atoms with Crippen LogP contribution in [-0.2, 0) is 0 Å². The van der Waals surface area contributed by atoms with Gasteiger partial charge in [0.1, 0.15) is 0 Å². The third-order valence-electron chi connectivity index (χ3n) is 18.0. The van der Waals surface area contributed by atoms with Gasteiger partial charge < -0.3 is 0 Å². The summed E-state index contributed by atoms with van der Waals surface area (Å²) in [6, 6.07) is 0. The standard InChI is InChI=1S/C49H88/c1-33-27-42(29-44(28-33)47(2,3)4)40-23-19-38(20-24-40)36-15-11-34(12-16-36)35-13-17-37(18-14-35)39-21-25-41(26-22-39)43-30-45(48(5,6)7)32-46(31-43)49(8,9)10/h33-46H,11-32H2,1-10H3. The van der Waals surface area contributed by atoms with Crippen LogP contribution in [0.4, 0.5) is 0 Å². The van der Waals surface area contributed by atoms with Gasteiger partial charge in [0.25, 0.3) is 0 Å². The van der Waals surface area contributed by atoms with Crippen molar-refractivity contribution < 1.29 is 0 Å². The minimum Gasteiger partial charge on any atom is -0.0625 e. The first-order valence-corrected chi connectivity index (χ1v) is 23.0. The fraction of sp³-hybridized carbons (Fsp3) is 1.00. The normalized spacial score (nSPS) is 45.2. The van der Waals surface area contributed by atoms with Gasteiger partial charge in [-0.2, -0.15) is 0 Å². The number of hydrogen-bond donors (Lipinski definition) is 0. The van der Waals surface area contributed by atoms with Crippen molar-refractivity contribution in [3.63, 3.8) is 0 Å². The van der Waals surface area contributed by atoms with Gasteiger partial charge in [0.15, 0.2) is 0 Å². The summed E-state index contributed by atoms with van der Waals surface area (Å²) in [5, 5.41) is 0. The minimum atomic E-state index is 0.473. The lowest BCUT2D eigenvalue weighted by molar-refractivity contribution is 0.0128. The van der Waals surface area contributed by atoms with E-state index in [-0.39, 0.29) is 0 Å². The summed E-state index contributed by atoms with van der Waals surface area (Å²) in [5.41, 5.74) is 1.45. The Morgan fingerprint density at radius 1 is 0.245 bits per heavy atom. The van der Waals surface area contributed by atoms with Gasteiger partial charge >= 0.3 is 0 Å². The van der Waals surface area contributed by atoms with E-state index in [0.29, 0.717) is 16.2 Å². The fourth-order valence-corrected chi connectivity index (χ4v) is 14.3. The number of rotatable bonds is 5. The zero-order valence-electron chi connectivity index (χ0n) is 35.1. The zero-order valence-corrected chi connectivity index (χ0v) is 35.1. The van der Waals surface area contributed by atoms with Gasteiger partial charge in [0, 0.05) is 0 Å². The van der Waals surface area contributed by atoms with Gasteiger partial charge in [-0.05, 0) is 240 Å². The third-order valence-corrected chi connectivity index (χ3v) is 18.0. The third kappa shape index (κ3) is 9.76. The molecule has 0 saturated heterocycles. The van der Waals surface area contributed by atoms with Crippen LogP contribution in [0.1, 0.15) is 210 Å². The van der Waals surface area contributed by atoms with E-state index in [4.69, 9.17) is 0 Å². The first kappa shape index (κ1) is 38.7. The van der Waals surface area contributed by atoms with Crippen molar-refractivity contribution in [3.8, 4) is 0 Å². The van der Waals surface area contributed by atoms with Crippen LogP contribution in [0.3, 0.4) is 0 Å². The zero-order chi connectivity index (χ0) is 35.1. The smallest absolute Gasteiger partial charge is 0.0354 e. The molecule has 0 aliphatic heterocycles. The van der Waals surface area contributed by atoms with Gasteiger partial charge in [0.2, 0.25) is 0 Å². The van der Waals surface area contributed by atoms with E-state index >= 15 is 0 Å². The maximum atomic E-state index is 2.56. The Morgan fingerprint density at radius 2 is 0.449 bits per heavy atom. The van der Waals surface area contributed by atoms with Crippen molar-refractivity contribution >= 4 is 0 Å². The average Bonchev–Trinajstić information content (AvgIpc) is 3.07. The topological polar surface area (TPSA) is 0 Å². The lowest BCUT2D eigenvalue weighted by Gasteiger charge is -2.49. The highest BCUT2D eigenvalue weighted by Gasteiger charge is 2.44. The van der Waals surface area contributed by atoms with Crippen LogP contribution < -0.4 is 0 Å². The van der Waals surface area contributed by atoms with E-state index < -0.39 is 0 Å². The predicted octanol–water partition coefficient (Wildman–Crippen LogP) is 15.4. The average molecular weight is 677 g/mol. The van der Waals surface area contributed by atoms with Crippen LogP contribution in [0.25, 0.3) is 0 Å². The molecule has 0 heteroatoms. The predicted molar refractivity (Wildman–Crippen MR) is 214 cm³/mol. The molecule has 6 rings (SSSR count). The van der Waals surface area contributed by atoms with Crippen LogP contribution in [0.5, 0.6) is 0 Å². The minimum absolute atomic E-state index is 0.473. The van der Waals surface area contributed by atoms with Crippen LogP contribution in [0, 0.1) is 99.1 Å². The molecule has 0 N–H and O–H groups in total. The molecule has 6 aliphatic rings. The molecule has 0 heterocycles. The van der Waals surface area contributed by atoms with Crippen LogP contribution in [-0.4, -0.2) is 0 Å². The second kappa shape index (κ2) is 15.8. The van der Waals surface area contributed by atoms with E-state index in [9.17, 15) is 0 Å². The maximum absolute atomic E-state index is 2.56. The second-order valence-electron chi connectivity index (χ2n) is 23.9. The Balaban J connectivity index is 0.893. The molecule has 0 amide bonds. The van der Waals surface area contributed by atoms with E-state index in [1.165, 1.54) is 38.5 Å². The highest BCUT2D eigenvalue weighted by Crippen LogP contribution is 2.55. The summed E-state index contributed by atoms with van der Waals surface area (Å²) in [7, 11) is 0. The molecule has 5 atom stereocenters. The Bertz CT molecular complexity index is 960. The molecule has 6 fully saturated rings. The molecule has 5 unspecified atom stereocenters. The van der Waals surface area contributed by atoms with Crippen LogP contribution in [0.2, 0.25) is 0 Å². The lowest BCUT2D eigenvalue weighted by Crippen LogP contribution is -2.39. The fourth-order valence-electron chi connectivity index (χ4n) is 14.3. The molecule has 49 heavy (non-hydrogen) atoms. The van der Waals surface area contributed by atoms with Crippen molar-refractivity contribution in [1.82, 2.24) is 0 Å². The Kier molecular flexibility index (Phi) is 12.5. The van der Waals surface area contributed by atoms with Gasteiger partial charge in [-0.1, -0.05) is 69.2 Å². The second-order valence-corrected chi connectivity index (χ2v) is 23.9. The van der Waals surface area contributed by atoms with E-state index in [2.05, 4.69) is 69.2 Å². The lowest BCUT2D eigenvalue weighted by atomic mass is 9.56. The summed E-state index contributed by atoms with van der Waals surface area (Å²) in [4.78, 5) is 0. The summed E-state index contributed by atoms with van der Waals surface area (Å²) in [6.45, 7) is 25.3. The van der Waals surface area contributed by atoms with Gasteiger partial charge in [-0.25, -0.2) is 0 Å². The monoisotopic (exact) mass is 677 g/mol. The Hall–Kier alpha value is 0. The molecular formula is C49H88. The van der Waals surface area contributed by atoms with Crippen molar-refractivity contribution in [3.05, 3.63) is 0 Å². The van der Waals surface area contributed by atoms with Crippen molar-refractivity contribution in [2.75, 3.05) is 0 Å². The molecule has 0 aromatic rings. The van der Waals surface area contributed by atoms with Gasteiger partial charge in [-0.15, -0.1) is 0 Å². The van der Waals surface area contributed by atoms with Crippen molar-refractivity contribution in [2.45, 2.75) is 210 Å². The molecular weight excluding hydrogens is 589 g/mol. The maximum Gasteiger partial charge on any atom is -0.0354 e. The summed E-state index contributed by atoms with van der Waals surface area (Å²) in [6.07, 6.45) is 34.3. The highest BCUT2D eigenvalue weighted by atomic mass is 14.5. The summed E-state index contributed by atoms with van der Waals surface area (Å²) < 4.78 is 0. The SMILES string of the molecule is CC1CC(C2CCC(C3CCC(C4CCC(C5CCC(C6CC(C(C)(C)C)CC(C(C)(C)C)C6)CC5)CC4)CC3)CC2)CC(C(C)(C)C)C1. The van der Waals surface area contributed by atoms with Crippen molar-refractivity contribution in [2.24, 2.45) is 99.1 Å². The summed E-state index contributed by atoms with van der Waals surface area (Å²) >= 11 is 0. The Labute approximate surface area is 308 Å². The molecule has 6 aliphatic carbocycles. The van der Waals surface area contributed by atoms with E-state index in [0.717, 1.165) is 82.9 Å². The molecule has 0 radical (unpaired) electrons. The molecule has 284 valence electrons. The molecule has 0 spiro atoms. The molecule has 6 saturated carbocycles. The molecule has 0 aromatic carbocycles. The first-order valence-electron chi connectivity index (χ1n) is 23.0. The van der Waals surface area contributed by atoms with E-state index in [1.54, 1.807) is 103 Å². The van der Waals surface area contributed by atoms with E-state index in [1.807, 2.05) is 0 Å². The number of hydrogen-bond acceptors (Lipinski definition) is 0. The molecule has 0 nitrogen and oxygen atoms in total. The van der Waals surface area contributed by atoms with Gasteiger partial charge in [-0.3, -0.25) is 0 Å². The quantitative estimate of drug-likeness (QED) is 0.272. The largest absolute Gasteiger partial charge is 0.0625 e. The van der Waals surface area contributed by atoms with Crippen molar-refractivity contribution in [1.29, 1.82) is 0 Å². The highest BCUT2D eigenvalue weighted by molar-refractivity contribution is 4.94.